The number of phosphoric ester groups is 1. The number of carbonyl (C=O) groups excluding carboxylic acids is 1. The van der Waals surface area contributed by atoms with E-state index in [9.17, 15) is 9.36 Å². The summed E-state index contributed by atoms with van der Waals surface area (Å²) in [6.07, 6.45) is 10.3. The zero-order valence-corrected chi connectivity index (χ0v) is 23.2. The van der Waals surface area contributed by atoms with Crippen molar-refractivity contribution in [2.24, 2.45) is 0 Å². The second-order valence-corrected chi connectivity index (χ2v) is 11.6. The normalized spacial score (nSPS) is 17.7. The molecule has 8 heteroatoms. The third kappa shape index (κ3) is 10.5. The molecule has 1 amide bonds. The smallest absolute Gasteiger partial charge is 0.443 e. The van der Waals surface area contributed by atoms with Crippen LogP contribution in [0.25, 0.3) is 0 Å². The van der Waals surface area contributed by atoms with Crippen LogP contribution in [-0.2, 0) is 13.8 Å². The van der Waals surface area contributed by atoms with Crippen LogP contribution in [0.15, 0.2) is 72.6 Å². The third-order valence-electron chi connectivity index (χ3n) is 5.66. The SMILES string of the molecule is CC(C)(C)OC(=O)N1CCCCCCCCCC/C=C\1OP(=O)(Oc1ccccc1)Oc1ccccc1. The van der Waals surface area contributed by atoms with Crippen LogP contribution in [0.3, 0.4) is 0 Å². The fraction of sp³-hybridized carbons (Fsp3) is 0.483. The second kappa shape index (κ2) is 14.1. The molecule has 7 nitrogen and oxygen atoms in total. The number of rotatable bonds is 6. The first kappa shape index (κ1) is 28.6. The van der Waals surface area contributed by atoms with Crippen molar-refractivity contribution in [2.75, 3.05) is 6.54 Å². The van der Waals surface area contributed by atoms with E-state index in [1.807, 2.05) is 32.9 Å². The van der Waals surface area contributed by atoms with Crippen LogP contribution in [-0.4, -0.2) is 23.1 Å². The molecule has 0 spiro atoms. The van der Waals surface area contributed by atoms with Gasteiger partial charge in [0.15, 0.2) is 0 Å². The van der Waals surface area contributed by atoms with E-state index in [-0.39, 0.29) is 5.88 Å². The van der Waals surface area contributed by atoms with E-state index in [0.717, 1.165) is 32.1 Å². The minimum atomic E-state index is -4.26. The topological polar surface area (TPSA) is 74.3 Å². The molecule has 0 fully saturated rings. The summed E-state index contributed by atoms with van der Waals surface area (Å²) in [5.41, 5.74) is -0.700. The average molecular weight is 530 g/mol. The minimum Gasteiger partial charge on any atom is -0.443 e. The van der Waals surface area contributed by atoms with E-state index < -0.39 is 19.5 Å². The first-order valence-corrected chi connectivity index (χ1v) is 14.7. The van der Waals surface area contributed by atoms with Crippen molar-refractivity contribution in [1.29, 1.82) is 0 Å². The number of allylic oxidation sites excluding steroid dienone is 1. The van der Waals surface area contributed by atoms with Gasteiger partial charge in [0, 0.05) is 6.54 Å². The van der Waals surface area contributed by atoms with Gasteiger partial charge in [0.1, 0.15) is 17.1 Å². The number of amides is 1. The van der Waals surface area contributed by atoms with Crippen molar-refractivity contribution >= 4 is 13.9 Å². The molecule has 0 N–H and O–H groups in total. The predicted octanol–water partition coefficient (Wildman–Crippen LogP) is 8.87. The monoisotopic (exact) mass is 529 g/mol. The summed E-state index contributed by atoms with van der Waals surface area (Å²) in [5, 5.41) is 0. The van der Waals surface area contributed by atoms with Crippen molar-refractivity contribution in [3.05, 3.63) is 72.6 Å². The molecule has 3 rings (SSSR count). The standard InChI is InChI=1S/C29H40NO6P/c1-29(2,3)33-28(31)30-24-18-10-8-6-4-5-7-9-17-23-27(30)36-37(32,34-25-19-13-11-14-20-25)35-26-21-15-12-16-22-26/h11-16,19-23H,4-10,17-18,24H2,1-3H3/b27-23+. The molecule has 1 heterocycles. The van der Waals surface area contributed by atoms with E-state index >= 15 is 0 Å². The minimum absolute atomic E-state index is 0.128. The van der Waals surface area contributed by atoms with Gasteiger partial charge >= 0.3 is 13.9 Å². The van der Waals surface area contributed by atoms with Gasteiger partial charge in [-0.1, -0.05) is 74.9 Å². The van der Waals surface area contributed by atoms with E-state index in [4.69, 9.17) is 18.3 Å². The number of para-hydroxylation sites is 2. The maximum absolute atomic E-state index is 14.1. The summed E-state index contributed by atoms with van der Waals surface area (Å²) in [4.78, 5) is 14.8. The number of hydrogen-bond donors (Lipinski definition) is 0. The Kier molecular flexibility index (Phi) is 10.9. The molecule has 1 aliphatic heterocycles. The van der Waals surface area contributed by atoms with E-state index in [1.165, 1.54) is 24.2 Å². The Morgan fingerprint density at radius 1 is 0.730 bits per heavy atom. The van der Waals surface area contributed by atoms with Gasteiger partial charge in [-0.25, -0.2) is 9.69 Å². The molecule has 2 aromatic carbocycles. The van der Waals surface area contributed by atoms with Crippen LogP contribution in [0.5, 0.6) is 11.5 Å². The Morgan fingerprint density at radius 3 is 1.73 bits per heavy atom. The lowest BCUT2D eigenvalue weighted by molar-refractivity contribution is 0.0225. The average Bonchev–Trinajstić information content (AvgIpc) is 2.86. The summed E-state index contributed by atoms with van der Waals surface area (Å²) < 4.78 is 37.5. The molecule has 2 aromatic rings. The van der Waals surface area contributed by atoms with Crippen LogP contribution in [0.2, 0.25) is 0 Å². The quantitative estimate of drug-likeness (QED) is 0.348. The molecule has 37 heavy (non-hydrogen) atoms. The number of phosphoric acid groups is 1. The van der Waals surface area contributed by atoms with E-state index in [1.54, 1.807) is 54.6 Å². The number of nitrogens with zero attached hydrogens (tertiary/aromatic N) is 1. The van der Waals surface area contributed by atoms with Gasteiger partial charge in [-0.2, -0.15) is 4.57 Å². The maximum atomic E-state index is 14.1. The largest absolute Gasteiger partial charge is 0.648 e. The second-order valence-electron chi connectivity index (χ2n) is 10.1. The van der Waals surface area contributed by atoms with Gasteiger partial charge < -0.3 is 18.3 Å². The molecule has 0 atom stereocenters. The number of hydrogen-bond acceptors (Lipinski definition) is 6. The summed E-state index contributed by atoms with van der Waals surface area (Å²) in [6, 6.07) is 17.5. The highest BCUT2D eigenvalue weighted by Crippen LogP contribution is 2.52. The fourth-order valence-electron chi connectivity index (χ4n) is 3.90. The molecule has 0 aromatic heterocycles. The van der Waals surface area contributed by atoms with Crippen LogP contribution in [0.1, 0.15) is 78.6 Å². The Morgan fingerprint density at radius 2 is 1.22 bits per heavy atom. The van der Waals surface area contributed by atoms with Crippen molar-refractivity contribution in [2.45, 2.75) is 84.2 Å². The van der Waals surface area contributed by atoms with Crippen LogP contribution in [0.4, 0.5) is 4.79 Å². The van der Waals surface area contributed by atoms with Crippen molar-refractivity contribution in [3.8, 4) is 11.5 Å². The Labute approximate surface area is 221 Å². The van der Waals surface area contributed by atoms with Gasteiger partial charge in [-0.05, 0) is 70.4 Å². The lowest BCUT2D eigenvalue weighted by atomic mass is 10.1. The molecule has 0 unspecified atom stereocenters. The van der Waals surface area contributed by atoms with Crippen LogP contribution >= 0.6 is 7.82 Å². The van der Waals surface area contributed by atoms with Crippen LogP contribution < -0.4 is 9.05 Å². The first-order valence-electron chi connectivity index (χ1n) is 13.2. The molecule has 0 aliphatic carbocycles. The van der Waals surface area contributed by atoms with Gasteiger partial charge in [-0.15, -0.1) is 0 Å². The van der Waals surface area contributed by atoms with E-state index in [2.05, 4.69) is 0 Å². The van der Waals surface area contributed by atoms with Gasteiger partial charge in [0.2, 0.25) is 5.88 Å². The van der Waals surface area contributed by atoms with Gasteiger partial charge in [0.25, 0.3) is 0 Å². The first-order chi connectivity index (χ1) is 17.7. The molecule has 202 valence electrons. The molecule has 0 bridgehead atoms. The Hall–Kier alpha value is -2.92. The molecule has 0 saturated carbocycles. The number of ether oxygens (including phenoxy) is 1. The highest BCUT2D eigenvalue weighted by Gasteiger charge is 2.37. The molecule has 1 aliphatic rings. The highest BCUT2D eigenvalue weighted by atomic mass is 31.2. The zero-order valence-electron chi connectivity index (χ0n) is 22.3. The van der Waals surface area contributed by atoms with Crippen molar-refractivity contribution in [3.63, 3.8) is 0 Å². The van der Waals surface area contributed by atoms with E-state index in [0.29, 0.717) is 24.5 Å². The third-order valence-corrected chi connectivity index (χ3v) is 6.94. The number of carbonyl (C=O) groups is 1. The molecule has 0 radical (unpaired) electrons. The van der Waals surface area contributed by atoms with Crippen molar-refractivity contribution in [1.82, 2.24) is 4.90 Å². The lowest BCUT2D eigenvalue weighted by Crippen LogP contribution is -2.37. The van der Waals surface area contributed by atoms with Crippen molar-refractivity contribution < 1.29 is 27.7 Å². The molecular weight excluding hydrogens is 489 g/mol. The lowest BCUT2D eigenvalue weighted by Gasteiger charge is -2.30. The van der Waals surface area contributed by atoms with Crippen LogP contribution in [0, 0.1) is 0 Å². The summed E-state index contributed by atoms with van der Waals surface area (Å²) >= 11 is 0. The molecular formula is C29H40NO6P. The van der Waals surface area contributed by atoms with Gasteiger partial charge in [0.05, 0.1) is 0 Å². The molecule has 0 saturated heterocycles. The summed E-state index contributed by atoms with van der Waals surface area (Å²) in [6.45, 7) is 5.82. The highest BCUT2D eigenvalue weighted by molar-refractivity contribution is 7.49. The fourth-order valence-corrected chi connectivity index (χ4v) is 5.17. The summed E-state index contributed by atoms with van der Waals surface area (Å²) in [7, 11) is -4.26. The Bertz CT molecular complexity index is 990. The maximum Gasteiger partial charge on any atom is 0.648 e. The van der Waals surface area contributed by atoms with Gasteiger partial charge in [-0.3, -0.25) is 0 Å². The Balaban J connectivity index is 1.95. The summed E-state index contributed by atoms with van der Waals surface area (Å²) in [5.74, 6) is 0.787. The predicted molar refractivity (Wildman–Crippen MR) is 145 cm³/mol. The number of benzene rings is 2. The zero-order chi connectivity index (χ0) is 26.6.